The third-order valence-corrected chi connectivity index (χ3v) is 6.10. The molecule has 0 aromatic heterocycles. The zero-order chi connectivity index (χ0) is 11.6. The lowest BCUT2D eigenvalue weighted by Gasteiger charge is -2.19. The molecule has 4 N–H and O–H groups in total. The van der Waals surface area contributed by atoms with Gasteiger partial charge in [0.15, 0.2) is 0 Å². The van der Waals surface area contributed by atoms with Crippen LogP contribution in [0.4, 0.5) is 4.79 Å². The molecule has 7 nitrogen and oxygen atoms in total. The molecule has 0 fully saturated rings. The third kappa shape index (κ3) is 3.19. The minimum Gasteiger partial charge on any atom is -0.474 e. The highest BCUT2D eigenvalue weighted by atomic mass is 31.2. The van der Waals surface area contributed by atoms with E-state index in [1.807, 2.05) is 0 Å². The van der Waals surface area contributed by atoms with Gasteiger partial charge in [0.2, 0.25) is 0 Å². The number of hydrogen-bond donors (Lipinski definition) is 4. The highest BCUT2D eigenvalue weighted by molar-refractivity contribution is 7.84. The van der Waals surface area contributed by atoms with Crippen LogP contribution in [-0.4, -0.2) is 30.9 Å². The second-order valence-electron chi connectivity index (χ2n) is 2.76. The molecule has 2 atom stereocenters. The van der Waals surface area contributed by atoms with E-state index in [9.17, 15) is 13.9 Å². The Morgan fingerprint density at radius 2 is 1.71 bits per heavy atom. The number of hydrogen-bond acceptors (Lipinski definition) is 3. The quantitative estimate of drug-likeness (QED) is 0.536. The van der Waals surface area contributed by atoms with E-state index in [1.165, 1.54) is 6.92 Å². The first-order valence-corrected chi connectivity index (χ1v) is 7.16. The van der Waals surface area contributed by atoms with Gasteiger partial charge in [0.25, 0.3) is 0 Å². The Balaban J connectivity index is 5.13. The summed E-state index contributed by atoms with van der Waals surface area (Å²) in [6, 6.07) is 0. The van der Waals surface area contributed by atoms with Crippen molar-refractivity contribution in [2.45, 2.75) is 25.2 Å². The van der Waals surface area contributed by atoms with Crippen molar-refractivity contribution < 1.29 is 33.7 Å². The van der Waals surface area contributed by atoms with Crippen molar-refractivity contribution in [3.8, 4) is 0 Å². The average molecular weight is 246 g/mol. The largest absolute Gasteiger partial charge is 0.474 e. The first-order valence-electron chi connectivity index (χ1n) is 3.75. The number of carbonyl (C=O) groups is 1. The fourth-order valence-corrected chi connectivity index (χ4v) is 4.32. The summed E-state index contributed by atoms with van der Waals surface area (Å²) in [4.78, 5) is 36.7. The minimum absolute atomic E-state index is 0.216. The van der Waals surface area contributed by atoms with Gasteiger partial charge in [0.05, 0.1) is 0 Å². The first kappa shape index (κ1) is 13.8. The lowest BCUT2D eigenvalue weighted by atomic mass is 10.4. The van der Waals surface area contributed by atoms with Crippen molar-refractivity contribution in [2.24, 2.45) is 0 Å². The van der Waals surface area contributed by atoms with Crippen LogP contribution in [0.3, 0.4) is 0 Å². The molecule has 2 unspecified atom stereocenters. The van der Waals surface area contributed by atoms with E-state index in [-0.39, 0.29) is 12.8 Å². The van der Waals surface area contributed by atoms with Gasteiger partial charge in [-0.1, -0.05) is 13.3 Å². The number of rotatable bonds is 5. The van der Waals surface area contributed by atoms with Gasteiger partial charge < -0.3 is 19.8 Å². The molecular formula is C5H12O7P2. The van der Waals surface area contributed by atoms with Crippen LogP contribution in [0.25, 0.3) is 0 Å². The van der Waals surface area contributed by atoms with E-state index in [0.29, 0.717) is 0 Å². The maximum atomic E-state index is 11.1. The second-order valence-corrected chi connectivity index (χ2v) is 7.22. The van der Waals surface area contributed by atoms with Crippen LogP contribution in [0, 0.1) is 0 Å². The maximum Gasteiger partial charge on any atom is 0.389 e. The standard InChI is InChI=1S/C5H12O7P2/c1-2-3-4(14(10,11)12)13(8,9)5(6)7/h4H,2-3H2,1H3,(H,6,7)(H,8,9)(H2,10,11,12). The van der Waals surface area contributed by atoms with Gasteiger partial charge in [-0.25, -0.2) is 4.79 Å². The number of carboxylic acid groups (broad SMARTS) is 1. The van der Waals surface area contributed by atoms with Gasteiger partial charge in [0.1, 0.15) is 5.40 Å². The second kappa shape index (κ2) is 4.55. The van der Waals surface area contributed by atoms with Gasteiger partial charge in [0, 0.05) is 0 Å². The molecular weight excluding hydrogens is 234 g/mol. The molecule has 0 rings (SSSR count). The zero-order valence-electron chi connectivity index (χ0n) is 7.40. The molecule has 0 bridgehead atoms. The molecule has 0 spiro atoms. The van der Waals surface area contributed by atoms with Gasteiger partial charge in [-0.05, 0) is 6.42 Å². The molecule has 0 aliphatic carbocycles. The molecule has 0 aromatic rings. The van der Waals surface area contributed by atoms with Crippen molar-refractivity contribution in [1.82, 2.24) is 0 Å². The molecule has 0 aliphatic rings. The Bertz CT molecular complexity index is 305. The monoisotopic (exact) mass is 246 g/mol. The van der Waals surface area contributed by atoms with Crippen molar-refractivity contribution in [3.05, 3.63) is 0 Å². The lowest BCUT2D eigenvalue weighted by molar-refractivity contribution is 0.214. The lowest BCUT2D eigenvalue weighted by Crippen LogP contribution is -2.14. The van der Waals surface area contributed by atoms with Crippen LogP contribution in [0.1, 0.15) is 19.8 Å². The summed E-state index contributed by atoms with van der Waals surface area (Å²) >= 11 is 0. The van der Waals surface area contributed by atoms with Crippen LogP contribution < -0.4 is 0 Å². The van der Waals surface area contributed by atoms with E-state index in [4.69, 9.17) is 19.8 Å². The Morgan fingerprint density at radius 3 is 1.93 bits per heavy atom. The molecule has 0 heterocycles. The molecule has 14 heavy (non-hydrogen) atoms. The van der Waals surface area contributed by atoms with E-state index < -0.39 is 26.1 Å². The molecule has 84 valence electrons. The maximum absolute atomic E-state index is 11.1. The summed E-state index contributed by atoms with van der Waals surface area (Å²) in [5.41, 5.74) is -2.07. The van der Waals surface area contributed by atoms with E-state index >= 15 is 0 Å². The van der Waals surface area contributed by atoms with Crippen LogP contribution in [-0.2, 0) is 9.13 Å². The normalized spacial score (nSPS) is 18.6. The molecule has 0 saturated heterocycles. The molecule has 0 saturated carbocycles. The Kier molecular flexibility index (Phi) is 4.49. The summed E-state index contributed by atoms with van der Waals surface area (Å²) in [6.45, 7) is 1.53. The van der Waals surface area contributed by atoms with Gasteiger partial charge in [-0.15, -0.1) is 0 Å². The third-order valence-electron chi connectivity index (χ3n) is 1.61. The predicted octanol–water partition coefficient (Wildman–Crippen LogP) is 1.24. The van der Waals surface area contributed by atoms with E-state index in [0.717, 1.165) is 0 Å². The minimum atomic E-state index is -4.86. The topological polar surface area (TPSA) is 132 Å². The van der Waals surface area contributed by atoms with Crippen molar-refractivity contribution in [1.29, 1.82) is 0 Å². The smallest absolute Gasteiger partial charge is 0.389 e. The summed E-state index contributed by atoms with van der Waals surface area (Å²) in [6.07, 6.45) is -0.0854. The molecule has 9 heteroatoms. The van der Waals surface area contributed by atoms with Crippen molar-refractivity contribution in [2.75, 3.05) is 0 Å². The Hall–Kier alpha value is -0.190. The molecule has 0 aliphatic heterocycles. The first-order chi connectivity index (χ1) is 6.14. The Labute approximate surface area is 80.4 Å². The van der Waals surface area contributed by atoms with Crippen LogP contribution >= 0.6 is 15.0 Å². The fourth-order valence-electron chi connectivity index (χ4n) is 0.933. The van der Waals surface area contributed by atoms with Crippen molar-refractivity contribution >= 4 is 20.7 Å². The average Bonchev–Trinajstić information content (AvgIpc) is 1.97. The van der Waals surface area contributed by atoms with Gasteiger partial charge in [-0.2, -0.15) is 0 Å². The van der Waals surface area contributed by atoms with Crippen LogP contribution in [0.15, 0.2) is 0 Å². The van der Waals surface area contributed by atoms with Crippen LogP contribution in [0.2, 0.25) is 0 Å². The SMILES string of the molecule is CCCC(P(=O)(O)O)P(=O)(O)C(=O)O. The molecule has 0 aromatic carbocycles. The molecule has 0 radical (unpaired) electrons. The highest BCUT2D eigenvalue weighted by Gasteiger charge is 2.48. The summed E-state index contributed by atoms with van der Waals surface area (Å²) in [5, 5.41) is 6.34. The Morgan fingerprint density at radius 1 is 1.29 bits per heavy atom. The summed E-state index contributed by atoms with van der Waals surface area (Å²) < 4.78 is 21.9. The van der Waals surface area contributed by atoms with Crippen molar-refractivity contribution in [3.63, 3.8) is 0 Å². The van der Waals surface area contributed by atoms with Gasteiger partial charge in [-0.3, -0.25) is 9.13 Å². The van der Waals surface area contributed by atoms with Crippen LogP contribution in [0.5, 0.6) is 0 Å². The predicted molar refractivity (Wildman–Crippen MR) is 48.6 cm³/mol. The summed E-state index contributed by atoms with van der Waals surface area (Å²) in [7, 11) is -9.72. The van der Waals surface area contributed by atoms with Gasteiger partial charge >= 0.3 is 20.7 Å². The summed E-state index contributed by atoms with van der Waals surface area (Å²) in [5.74, 6) is 0. The van der Waals surface area contributed by atoms with E-state index in [1.54, 1.807) is 0 Å². The zero-order valence-corrected chi connectivity index (χ0v) is 9.19. The fraction of sp³-hybridized carbons (Fsp3) is 0.800. The highest BCUT2D eigenvalue weighted by Crippen LogP contribution is 2.64. The molecule has 0 amide bonds. The van der Waals surface area contributed by atoms with E-state index in [2.05, 4.69) is 0 Å².